The van der Waals surface area contributed by atoms with Gasteiger partial charge in [-0.1, -0.05) is 60.7 Å². The van der Waals surface area contributed by atoms with Gasteiger partial charge in [-0.15, -0.1) is 0 Å². The first-order valence-corrected chi connectivity index (χ1v) is 10.7. The molecular weight excluding hydrogens is 419 g/mol. The van der Waals surface area contributed by atoms with Gasteiger partial charge in [-0.3, -0.25) is 9.59 Å². The Morgan fingerprint density at radius 3 is 2.39 bits per heavy atom. The van der Waals surface area contributed by atoms with Crippen LogP contribution in [-0.4, -0.2) is 33.2 Å². The molecule has 6 heteroatoms. The Morgan fingerprint density at radius 2 is 1.64 bits per heavy atom. The summed E-state index contributed by atoms with van der Waals surface area (Å²) >= 11 is 0. The van der Waals surface area contributed by atoms with Crippen LogP contribution in [-0.2, 0) is 16.0 Å². The summed E-state index contributed by atoms with van der Waals surface area (Å²) in [4.78, 5) is 31.0. The molecule has 3 aromatic carbocycles. The Labute approximate surface area is 189 Å². The van der Waals surface area contributed by atoms with Gasteiger partial charge in [-0.25, -0.2) is 4.39 Å². The van der Waals surface area contributed by atoms with Gasteiger partial charge in [0, 0.05) is 34.8 Å². The van der Waals surface area contributed by atoms with E-state index in [-0.39, 0.29) is 23.7 Å². The molecule has 1 saturated heterocycles. The number of para-hydroxylation sites is 1. The number of aliphatic hydroxyl groups is 1. The topological polar surface area (TPSA) is 73.4 Å². The number of ketones is 1. The van der Waals surface area contributed by atoms with E-state index in [9.17, 15) is 19.1 Å². The lowest BCUT2D eigenvalue weighted by molar-refractivity contribution is -0.139. The lowest BCUT2D eigenvalue weighted by Crippen LogP contribution is -2.31. The zero-order chi connectivity index (χ0) is 22.9. The van der Waals surface area contributed by atoms with Gasteiger partial charge >= 0.3 is 0 Å². The minimum atomic E-state index is -0.748. The molecule has 1 aromatic heterocycles. The van der Waals surface area contributed by atoms with Crippen molar-refractivity contribution in [1.29, 1.82) is 0 Å². The predicted octanol–water partition coefficient (Wildman–Crippen LogP) is 4.97. The third kappa shape index (κ3) is 3.69. The van der Waals surface area contributed by atoms with Crippen LogP contribution in [0.3, 0.4) is 0 Å². The third-order valence-corrected chi connectivity index (χ3v) is 6.06. The van der Waals surface area contributed by atoms with Crippen LogP contribution >= 0.6 is 0 Å². The van der Waals surface area contributed by atoms with Gasteiger partial charge in [-0.05, 0) is 30.2 Å². The summed E-state index contributed by atoms with van der Waals surface area (Å²) in [6, 6.07) is 21.7. The number of likely N-dealkylation sites (tertiary alicyclic amines) is 1. The molecule has 1 fully saturated rings. The second-order valence-electron chi connectivity index (χ2n) is 8.02. The first-order chi connectivity index (χ1) is 16.0. The summed E-state index contributed by atoms with van der Waals surface area (Å²) in [5.41, 5.74) is 2.99. The summed E-state index contributed by atoms with van der Waals surface area (Å²) in [6.07, 6.45) is 2.22. The number of benzene rings is 3. The molecular formula is C27H21FN2O3. The molecule has 5 nitrogen and oxygen atoms in total. The van der Waals surface area contributed by atoms with Gasteiger partial charge < -0.3 is 15.0 Å². The number of aromatic nitrogens is 1. The molecule has 1 aliphatic rings. The number of halogens is 1. The van der Waals surface area contributed by atoms with E-state index in [1.807, 2.05) is 30.3 Å². The maximum absolute atomic E-state index is 13.3. The number of rotatable bonds is 5. The lowest BCUT2D eigenvalue weighted by Gasteiger charge is -2.25. The number of Topliss-reactive ketones (excluding diaryl/α,β-unsaturated/α-hetero) is 1. The standard InChI is InChI=1S/C27H21FN2O3/c28-19-12-10-17(11-13-19)14-15-30-24(21-16-29-22-9-5-4-8-20(21)22)23(26(32)27(30)33)25(31)18-6-2-1-3-7-18/h1-13,16,24,29,31H,14-15H2/b25-23+. The maximum Gasteiger partial charge on any atom is 0.295 e. The second kappa shape index (κ2) is 8.39. The van der Waals surface area contributed by atoms with E-state index < -0.39 is 17.7 Å². The van der Waals surface area contributed by atoms with Crippen molar-refractivity contribution in [3.63, 3.8) is 0 Å². The fraction of sp³-hybridized carbons (Fsp3) is 0.111. The smallest absolute Gasteiger partial charge is 0.295 e. The number of aromatic amines is 1. The highest BCUT2D eigenvalue weighted by molar-refractivity contribution is 6.46. The number of nitrogens with zero attached hydrogens (tertiary/aromatic N) is 1. The van der Waals surface area contributed by atoms with Crippen molar-refractivity contribution >= 4 is 28.4 Å². The molecule has 1 atom stereocenters. The van der Waals surface area contributed by atoms with Crippen LogP contribution in [0, 0.1) is 5.82 Å². The Hall–Kier alpha value is -4.19. The SMILES string of the molecule is O=C1C(=O)N(CCc2ccc(F)cc2)C(c2c[nH]c3ccccc23)/C1=C(\O)c1ccccc1. The molecule has 0 saturated carbocycles. The maximum atomic E-state index is 13.3. The zero-order valence-corrected chi connectivity index (χ0v) is 17.7. The fourth-order valence-corrected chi connectivity index (χ4v) is 4.41. The van der Waals surface area contributed by atoms with E-state index in [1.54, 1.807) is 42.6 Å². The first-order valence-electron chi connectivity index (χ1n) is 10.7. The molecule has 0 bridgehead atoms. The van der Waals surface area contributed by atoms with Gasteiger partial charge in [0.1, 0.15) is 11.6 Å². The van der Waals surface area contributed by atoms with Gasteiger partial charge in [0.15, 0.2) is 0 Å². The number of hydrogen-bond acceptors (Lipinski definition) is 3. The van der Waals surface area contributed by atoms with Crippen molar-refractivity contribution in [2.75, 3.05) is 6.54 Å². The molecule has 33 heavy (non-hydrogen) atoms. The molecule has 1 amide bonds. The first kappa shape index (κ1) is 20.7. The monoisotopic (exact) mass is 440 g/mol. The summed E-state index contributed by atoms with van der Waals surface area (Å²) < 4.78 is 13.3. The largest absolute Gasteiger partial charge is 0.507 e. The normalized spacial score (nSPS) is 17.7. The van der Waals surface area contributed by atoms with E-state index in [0.29, 0.717) is 12.0 Å². The van der Waals surface area contributed by atoms with Gasteiger partial charge in [0.2, 0.25) is 0 Å². The highest BCUT2D eigenvalue weighted by Gasteiger charge is 2.46. The molecule has 2 heterocycles. The fourth-order valence-electron chi connectivity index (χ4n) is 4.41. The number of carbonyl (C=O) groups excluding carboxylic acids is 2. The number of nitrogens with one attached hydrogen (secondary N) is 1. The number of amides is 1. The molecule has 2 N–H and O–H groups in total. The Balaban J connectivity index is 1.62. The summed E-state index contributed by atoms with van der Waals surface area (Å²) in [6.45, 7) is 0.242. The van der Waals surface area contributed by atoms with E-state index >= 15 is 0 Å². The Bertz CT molecular complexity index is 1370. The molecule has 164 valence electrons. The van der Waals surface area contributed by atoms with Gasteiger partial charge in [-0.2, -0.15) is 0 Å². The average molecular weight is 440 g/mol. The van der Waals surface area contributed by atoms with E-state index in [4.69, 9.17) is 0 Å². The lowest BCUT2D eigenvalue weighted by atomic mass is 9.95. The molecule has 4 aromatic rings. The average Bonchev–Trinajstić information content (AvgIpc) is 3.37. The minimum absolute atomic E-state index is 0.0649. The molecule has 1 unspecified atom stereocenters. The quantitative estimate of drug-likeness (QED) is 0.261. The van der Waals surface area contributed by atoms with Crippen LogP contribution in [0.5, 0.6) is 0 Å². The summed E-state index contributed by atoms with van der Waals surface area (Å²) in [5.74, 6) is -1.91. The van der Waals surface area contributed by atoms with Crippen LogP contribution in [0.15, 0.2) is 90.6 Å². The van der Waals surface area contributed by atoms with Crippen molar-refractivity contribution in [2.45, 2.75) is 12.5 Å². The molecule has 0 spiro atoms. The number of carbonyl (C=O) groups is 2. The van der Waals surface area contributed by atoms with Crippen LogP contribution in [0.25, 0.3) is 16.7 Å². The Morgan fingerprint density at radius 1 is 0.939 bits per heavy atom. The van der Waals surface area contributed by atoms with E-state index in [2.05, 4.69) is 4.98 Å². The molecule has 0 aliphatic carbocycles. The van der Waals surface area contributed by atoms with Crippen molar-refractivity contribution in [2.24, 2.45) is 0 Å². The van der Waals surface area contributed by atoms with Crippen LogP contribution < -0.4 is 0 Å². The molecule has 1 aliphatic heterocycles. The highest BCUT2D eigenvalue weighted by atomic mass is 19.1. The van der Waals surface area contributed by atoms with Gasteiger partial charge in [0.05, 0.1) is 11.6 Å². The van der Waals surface area contributed by atoms with Crippen molar-refractivity contribution < 1.29 is 19.1 Å². The second-order valence-corrected chi connectivity index (χ2v) is 8.02. The van der Waals surface area contributed by atoms with Crippen LogP contribution in [0.4, 0.5) is 4.39 Å². The summed E-state index contributed by atoms with van der Waals surface area (Å²) in [7, 11) is 0. The number of hydrogen-bond donors (Lipinski definition) is 2. The van der Waals surface area contributed by atoms with Crippen LogP contribution in [0.2, 0.25) is 0 Å². The van der Waals surface area contributed by atoms with E-state index in [0.717, 1.165) is 22.0 Å². The number of aliphatic hydroxyl groups excluding tert-OH is 1. The number of H-pyrrole nitrogens is 1. The minimum Gasteiger partial charge on any atom is -0.507 e. The third-order valence-electron chi connectivity index (χ3n) is 6.06. The molecule has 0 radical (unpaired) electrons. The number of fused-ring (bicyclic) bond motifs is 1. The highest BCUT2D eigenvalue weighted by Crippen LogP contribution is 2.41. The van der Waals surface area contributed by atoms with Gasteiger partial charge in [0.25, 0.3) is 11.7 Å². The molecule has 5 rings (SSSR count). The van der Waals surface area contributed by atoms with Crippen LogP contribution in [0.1, 0.15) is 22.7 Å². The Kier molecular flexibility index (Phi) is 5.26. The van der Waals surface area contributed by atoms with Crippen molar-refractivity contribution in [1.82, 2.24) is 9.88 Å². The van der Waals surface area contributed by atoms with E-state index in [1.165, 1.54) is 17.0 Å². The summed E-state index contributed by atoms with van der Waals surface area (Å²) in [5, 5.41) is 12.0. The van der Waals surface area contributed by atoms with Crippen molar-refractivity contribution in [3.8, 4) is 0 Å². The predicted molar refractivity (Wildman–Crippen MR) is 124 cm³/mol. The van der Waals surface area contributed by atoms with Crippen molar-refractivity contribution in [3.05, 3.63) is 113 Å². The zero-order valence-electron chi connectivity index (χ0n) is 17.7.